The quantitative estimate of drug-likeness (QED) is 0.375. The van der Waals surface area contributed by atoms with Gasteiger partial charge < -0.3 is 16.4 Å². The second-order valence-corrected chi connectivity index (χ2v) is 12.9. The minimum atomic E-state index is -1.01. The summed E-state index contributed by atoms with van der Waals surface area (Å²) < 4.78 is 0. The lowest BCUT2D eigenvalue weighted by Gasteiger charge is -2.34. The molecular formula is C27H44ClN3O5. The van der Waals surface area contributed by atoms with Crippen molar-refractivity contribution in [2.45, 2.75) is 85.6 Å². The maximum Gasteiger partial charge on any atom is 0.285 e. The van der Waals surface area contributed by atoms with Crippen molar-refractivity contribution >= 4 is 41.6 Å². The van der Waals surface area contributed by atoms with Crippen LogP contribution in [-0.4, -0.2) is 53.2 Å². The van der Waals surface area contributed by atoms with E-state index in [4.69, 9.17) is 11.5 Å². The zero-order chi connectivity index (χ0) is 26.3. The van der Waals surface area contributed by atoms with Crippen LogP contribution in [0.1, 0.15) is 79.6 Å². The summed E-state index contributed by atoms with van der Waals surface area (Å²) in [5.41, 5.74) is 11.0. The summed E-state index contributed by atoms with van der Waals surface area (Å²) in [7, 11) is 0. The molecule has 204 valence electrons. The highest BCUT2D eigenvalue weighted by molar-refractivity contribution is 6.36. The molecule has 5 atom stereocenters. The topological polar surface area (TPSA) is 141 Å². The highest BCUT2D eigenvalue weighted by Gasteiger charge is 2.69. The smallest absolute Gasteiger partial charge is 0.285 e. The molecule has 9 heteroatoms. The van der Waals surface area contributed by atoms with Crippen LogP contribution < -0.4 is 11.5 Å². The van der Waals surface area contributed by atoms with E-state index < -0.39 is 29.6 Å². The second kappa shape index (κ2) is 11.3. The lowest BCUT2D eigenvalue weighted by atomic mass is 9.76. The molecule has 0 spiro atoms. The number of hydrogen-bond donors (Lipinski definition) is 2. The number of amides is 2. The minimum absolute atomic E-state index is 0. The molecule has 1 heterocycles. The fraction of sp³-hybridized carbons (Fsp3) is 0.815. The van der Waals surface area contributed by atoms with Gasteiger partial charge in [0.05, 0.1) is 12.0 Å². The highest BCUT2D eigenvalue weighted by atomic mass is 35.5. The predicted octanol–water partition coefficient (Wildman–Crippen LogP) is 2.68. The molecule has 8 nitrogen and oxygen atoms in total. The van der Waals surface area contributed by atoms with Crippen molar-refractivity contribution in [1.29, 1.82) is 0 Å². The predicted molar refractivity (Wildman–Crippen MR) is 139 cm³/mol. The van der Waals surface area contributed by atoms with Gasteiger partial charge in [-0.15, -0.1) is 12.4 Å². The van der Waals surface area contributed by atoms with E-state index in [1.165, 1.54) is 0 Å². The van der Waals surface area contributed by atoms with E-state index in [0.717, 1.165) is 19.3 Å². The number of fused-ring (bicyclic) bond motifs is 1. The molecule has 1 aliphatic heterocycles. The normalized spacial score (nSPS) is 26.2. The van der Waals surface area contributed by atoms with Gasteiger partial charge >= 0.3 is 0 Å². The SMILES string of the molecule is CC(C)(C)CC(=O)C[C@@H](CN)C(=O)N1CC2[C@@H]([C@H]1C(=O)CC(CC1CCC1)C(=O)C(N)=O)C2(C)C.Cl. The summed E-state index contributed by atoms with van der Waals surface area (Å²) in [6.45, 7) is 10.6. The third-order valence-electron chi connectivity index (χ3n) is 8.56. The Morgan fingerprint density at radius 2 is 1.64 bits per heavy atom. The van der Waals surface area contributed by atoms with Crippen LogP contribution in [0.15, 0.2) is 0 Å². The van der Waals surface area contributed by atoms with Gasteiger partial charge in [0.1, 0.15) is 5.78 Å². The van der Waals surface area contributed by atoms with Gasteiger partial charge in [-0.2, -0.15) is 0 Å². The number of primary amides is 1. The standard InChI is InChI=1S/C27H43N3O5.ClH/c1-26(2,3)12-18(31)10-17(13-28)25(35)30-14-19-21(27(19,4)5)22(30)20(32)11-16(23(33)24(29)34)9-15-7-6-8-15;/h15-17,19,21-22H,6-14,28H2,1-5H3,(H2,29,34);1H/t16?,17-,19?,21-,22+;/m0./s1. The molecule has 2 unspecified atom stereocenters. The number of carbonyl (C=O) groups excluding carboxylic acids is 5. The van der Waals surface area contributed by atoms with Gasteiger partial charge in [0, 0.05) is 38.3 Å². The molecule has 2 amide bonds. The summed E-state index contributed by atoms with van der Waals surface area (Å²) in [4.78, 5) is 65.6. The van der Waals surface area contributed by atoms with Gasteiger partial charge in [0.2, 0.25) is 11.7 Å². The Balaban J connectivity index is 0.00000456. The monoisotopic (exact) mass is 525 g/mol. The lowest BCUT2D eigenvalue weighted by molar-refractivity contribution is -0.145. The van der Waals surface area contributed by atoms with Crippen LogP contribution >= 0.6 is 12.4 Å². The first-order valence-corrected chi connectivity index (χ1v) is 13.1. The van der Waals surface area contributed by atoms with Crippen molar-refractivity contribution in [3.8, 4) is 0 Å². The van der Waals surface area contributed by atoms with Crippen LogP contribution in [0.25, 0.3) is 0 Å². The van der Waals surface area contributed by atoms with E-state index >= 15 is 0 Å². The van der Waals surface area contributed by atoms with Crippen LogP contribution in [0.2, 0.25) is 0 Å². The summed E-state index contributed by atoms with van der Waals surface area (Å²) in [5.74, 6) is -3.02. The Kier molecular flexibility index (Phi) is 9.55. The third-order valence-corrected chi connectivity index (χ3v) is 8.56. The minimum Gasteiger partial charge on any atom is -0.363 e. The Bertz CT molecular complexity index is 892. The molecule has 36 heavy (non-hydrogen) atoms. The molecule has 0 bridgehead atoms. The van der Waals surface area contributed by atoms with Crippen molar-refractivity contribution in [3.63, 3.8) is 0 Å². The first kappa shape index (κ1) is 30.4. The van der Waals surface area contributed by atoms with Crippen molar-refractivity contribution in [3.05, 3.63) is 0 Å². The number of ketones is 3. The number of nitrogens with two attached hydrogens (primary N) is 2. The first-order valence-electron chi connectivity index (χ1n) is 13.1. The van der Waals surface area contributed by atoms with Crippen LogP contribution in [-0.2, 0) is 24.0 Å². The van der Waals surface area contributed by atoms with Crippen LogP contribution in [0.4, 0.5) is 0 Å². The molecule has 3 fully saturated rings. The first-order chi connectivity index (χ1) is 16.2. The molecular weight excluding hydrogens is 482 g/mol. The van der Waals surface area contributed by atoms with Crippen molar-refractivity contribution in [2.75, 3.05) is 13.1 Å². The van der Waals surface area contributed by atoms with Gasteiger partial charge in [0.15, 0.2) is 5.78 Å². The van der Waals surface area contributed by atoms with Crippen LogP contribution in [0.3, 0.4) is 0 Å². The molecule has 2 saturated carbocycles. The molecule has 3 aliphatic rings. The van der Waals surface area contributed by atoms with E-state index in [-0.39, 0.29) is 71.9 Å². The molecule has 0 aromatic carbocycles. The van der Waals surface area contributed by atoms with E-state index in [1.807, 2.05) is 20.8 Å². The Morgan fingerprint density at radius 3 is 2.11 bits per heavy atom. The number of nitrogens with zero attached hydrogens (tertiary/aromatic N) is 1. The van der Waals surface area contributed by atoms with Crippen molar-refractivity contribution in [2.24, 2.45) is 51.9 Å². The number of hydrogen-bond acceptors (Lipinski definition) is 6. The average Bonchev–Trinajstić information content (AvgIpc) is 3.06. The number of likely N-dealkylation sites (tertiary alicyclic amines) is 1. The molecule has 0 radical (unpaired) electrons. The van der Waals surface area contributed by atoms with Gasteiger partial charge in [-0.1, -0.05) is 53.9 Å². The largest absolute Gasteiger partial charge is 0.363 e. The maximum absolute atomic E-state index is 13.6. The average molecular weight is 526 g/mol. The summed E-state index contributed by atoms with van der Waals surface area (Å²) in [6.07, 6.45) is 3.89. The van der Waals surface area contributed by atoms with Crippen LogP contribution in [0, 0.1) is 40.4 Å². The molecule has 1 saturated heterocycles. The molecule has 2 aliphatic carbocycles. The summed E-state index contributed by atoms with van der Waals surface area (Å²) in [6, 6.07) is -0.654. The van der Waals surface area contributed by atoms with E-state index in [0.29, 0.717) is 25.3 Å². The van der Waals surface area contributed by atoms with E-state index in [1.54, 1.807) is 4.90 Å². The van der Waals surface area contributed by atoms with Gasteiger partial charge in [-0.05, 0) is 35.0 Å². The fourth-order valence-electron chi connectivity index (χ4n) is 6.31. The van der Waals surface area contributed by atoms with Gasteiger partial charge in [-0.3, -0.25) is 24.0 Å². The fourth-order valence-corrected chi connectivity index (χ4v) is 6.31. The Morgan fingerprint density at radius 1 is 1.03 bits per heavy atom. The summed E-state index contributed by atoms with van der Waals surface area (Å²) in [5, 5.41) is 0. The molecule has 0 aromatic rings. The summed E-state index contributed by atoms with van der Waals surface area (Å²) >= 11 is 0. The van der Waals surface area contributed by atoms with E-state index in [2.05, 4.69) is 13.8 Å². The Labute approximate surface area is 221 Å². The maximum atomic E-state index is 13.6. The number of rotatable bonds is 12. The highest BCUT2D eigenvalue weighted by Crippen LogP contribution is 2.65. The van der Waals surface area contributed by atoms with Crippen LogP contribution in [0.5, 0.6) is 0 Å². The van der Waals surface area contributed by atoms with Gasteiger partial charge in [-0.25, -0.2) is 0 Å². The third kappa shape index (κ3) is 6.55. The molecule has 3 rings (SSSR count). The molecule has 0 aromatic heterocycles. The van der Waals surface area contributed by atoms with E-state index in [9.17, 15) is 24.0 Å². The van der Waals surface area contributed by atoms with Crippen molar-refractivity contribution in [1.82, 2.24) is 4.90 Å². The number of carbonyl (C=O) groups is 5. The van der Waals surface area contributed by atoms with Gasteiger partial charge in [0.25, 0.3) is 5.91 Å². The number of halogens is 1. The zero-order valence-electron chi connectivity index (χ0n) is 22.4. The number of piperidine rings is 1. The zero-order valence-corrected chi connectivity index (χ0v) is 23.2. The molecule has 4 N–H and O–H groups in total. The Hall–Kier alpha value is -1.80. The second-order valence-electron chi connectivity index (χ2n) is 12.9. The lowest BCUT2D eigenvalue weighted by Crippen LogP contribution is -2.50. The van der Waals surface area contributed by atoms with Crippen molar-refractivity contribution < 1.29 is 24.0 Å². The number of Topliss-reactive ketones (excluding diaryl/α,β-unsaturated/α-hetero) is 3.